The van der Waals surface area contributed by atoms with E-state index in [2.05, 4.69) is 13.8 Å². The van der Waals surface area contributed by atoms with E-state index in [-0.39, 0.29) is 41.8 Å². The second-order valence-corrected chi connectivity index (χ2v) is 10.1. The summed E-state index contributed by atoms with van der Waals surface area (Å²) in [6, 6.07) is 4.08. The van der Waals surface area contributed by atoms with Gasteiger partial charge in [-0.1, -0.05) is 13.8 Å². The molecule has 0 spiro atoms. The molecule has 2 atom stereocenters. The third kappa shape index (κ3) is 5.55. The number of morpholine rings is 1. The lowest BCUT2D eigenvalue weighted by Crippen LogP contribution is -2.44. The van der Waals surface area contributed by atoms with E-state index in [9.17, 15) is 18.0 Å². The van der Waals surface area contributed by atoms with Gasteiger partial charge in [0.2, 0.25) is 10.0 Å². The quantitative estimate of drug-likeness (QED) is 0.598. The van der Waals surface area contributed by atoms with Gasteiger partial charge in [-0.3, -0.25) is 4.79 Å². The highest BCUT2D eigenvalue weighted by atomic mass is 32.2. The Morgan fingerprint density at radius 1 is 1.13 bits per heavy atom. The second kappa shape index (κ2) is 9.97. The van der Waals surface area contributed by atoms with Crippen LogP contribution in [-0.2, 0) is 24.3 Å². The van der Waals surface area contributed by atoms with Gasteiger partial charge in [0.1, 0.15) is 10.6 Å². The van der Waals surface area contributed by atoms with E-state index >= 15 is 0 Å². The summed E-state index contributed by atoms with van der Waals surface area (Å²) in [6.07, 6.45) is 1.07. The second-order valence-electron chi connectivity index (χ2n) is 8.20. The van der Waals surface area contributed by atoms with E-state index in [4.69, 9.17) is 14.2 Å². The minimum Gasteiger partial charge on any atom is -0.495 e. The molecular weight excluding hydrogens is 424 g/mol. The van der Waals surface area contributed by atoms with Crippen LogP contribution in [-0.4, -0.2) is 82.6 Å². The Morgan fingerprint density at radius 3 is 2.39 bits per heavy atom. The number of likely N-dealkylation sites (tertiary alicyclic amines) is 1. The Bertz CT molecular complexity index is 902. The Hall–Kier alpha value is -2.17. The molecule has 2 saturated heterocycles. The molecule has 2 aliphatic heterocycles. The van der Waals surface area contributed by atoms with Crippen LogP contribution in [0.2, 0.25) is 0 Å². The zero-order valence-electron chi connectivity index (χ0n) is 18.2. The number of amides is 1. The van der Waals surface area contributed by atoms with Crippen molar-refractivity contribution in [3.8, 4) is 5.75 Å². The van der Waals surface area contributed by atoms with E-state index in [0.29, 0.717) is 38.1 Å². The molecule has 1 amide bonds. The van der Waals surface area contributed by atoms with Crippen LogP contribution in [0.15, 0.2) is 23.1 Å². The number of rotatable bonds is 6. The molecule has 0 radical (unpaired) electrons. The van der Waals surface area contributed by atoms with Gasteiger partial charge >= 0.3 is 5.97 Å². The normalized spacial score (nSPS) is 22.7. The molecule has 0 saturated carbocycles. The minimum absolute atomic E-state index is 0.0424. The van der Waals surface area contributed by atoms with E-state index in [0.717, 1.165) is 6.42 Å². The smallest absolute Gasteiger partial charge is 0.338 e. The number of carbonyl (C=O) groups excluding carboxylic acids is 2. The molecule has 9 nitrogen and oxygen atoms in total. The van der Waals surface area contributed by atoms with Crippen LogP contribution in [0.1, 0.15) is 30.6 Å². The zero-order chi connectivity index (χ0) is 22.6. The van der Waals surface area contributed by atoms with Crippen LogP contribution in [0.25, 0.3) is 0 Å². The number of methoxy groups -OCH3 is 1. The third-order valence-electron chi connectivity index (χ3n) is 5.54. The number of piperidine rings is 1. The highest BCUT2D eigenvalue weighted by Crippen LogP contribution is 2.29. The lowest BCUT2D eigenvalue weighted by Gasteiger charge is -2.34. The standard InChI is InChI=1S/C21H30N2O7S/c1-15-10-16(2)13-22(12-15)20(24)14-30-21(25)17-4-5-18(28-3)19(11-17)31(26,27)23-6-8-29-9-7-23/h4-5,11,15-16H,6-10,12-14H2,1-3H3/t15-,16+. The summed E-state index contributed by atoms with van der Waals surface area (Å²) in [5.41, 5.74) is 0.0424. The molecule has 2 aliphatic rings. The van der Waals surface area contributed by atoms with Gasteiger partial charge in [0.25, 0.3) is 5.91 Å². The van der Waals surface area contributed by atoms with Crippen molar-refractivity contribution in [2.24, 2.45) is 11.8 Å². The maximum Gasteiger partial charge on any atom is 0.338 e. The number of benzene rings is 1. The van der Waals surface area contributed by atoms with E-state index in [1.165, 1.54) is 29.6 Å². The van der Waals surface area contributed by atoms with Crippen molar-refractivity contribution in [2.75, 3.05) is 53.1 Å². The molecule has 3 rings (SSSR count). The molecule has 2 heterocycles. The SMILES string of the molecule is COc1ccc(C(=O)OCC(=O)N2C[C@H](C)C[C@H](C)C2)cc1S(=O)(=O)N1CCOCC1. The van der Waals surface area contributed by atoms with Crippen LogP contribution in [0.3, 0.4) is 0 Å². The fourth-order valence-corrected chi connectivity index (χ4v) is 5.69. The average molecular weight is 455 g/mol. The van der Waals surface area contributed by atoms with Gasteiger partial charge in [-0.05, 0) is 36.5 Å². The lowest BCUT2D eigenvalue weighted by atomic mass is 9.92. The summed E-state index contributed by atoms with van der Waals surface area (Å²) in [5.74, 6) is -0.0692. The van der Waals surface area contributed by atoms with Crippen LogP contribution in [0, 0.1) is 11.8 Å². The van der Waals surface area contributed by atoms with Gasteiger partial charge in [0, 0.05) is 26.2 Å². The lowest BCUT2D eigenvalue weighted by molar-refractivity contribution is -0.137. The molecule has 0 aromatic heterocycles. The van der Waals surface area contributed by atoms with Crippen molar-refractivity contribution in [2.45, 2.75) is 25.2 Å². The molecule has 0 aliphatic carbocycles. The highest BCUT2D eigenvalue weighted by Gasteiger charge is 2.31. The predicted octanol–water partition coefficient (Wildman–Crippen LogP) is 1.38. The topological polar surface area (TPSA) is 102 Å². The van der Waals surface area contributed by atoms with Gasteiger partial charge < -0.3 is 19.1 Å². The Balaban J connectivity index is 1.71. The first-order chi connectivity index (χ1) is 14.7. The van der Waals surface area contributed by atoms with E-state index in [1.54, 1.807) is 4.90 Å². The first-order valence-corrected chi connectivity index (χ1v) is 11.9. The van der Waals surface area contributed by atoms with Crippen LogP contribution in [0.4, 0.5) is 0 Å². The fourth-order valence-electron chi connectivity index (χ4n) is 4.10. The van der Waals surface area contributed by atoms with Crippen molar-refractivity contribution in [1.29, 1.82) is 0 Å². The summed E-state index contributed by atoms with van der Waals surface area (Å²) >= 11 is 0. The van der Waals surface area contributed by atoms with Gasteiger partial charge in [-0.2, -0.15) is 4.31 Å². The fraction of sp³-hybridized carbons (Fsp3) is 0.619. The Morgan fingerprint density at radius 2 is 1.77 bits per heavy atom. The number of nitrogens with zero attached hydrogens (tertiary/aromatic N) is 2. The predicted molar refractivity (Wildman–Crippen MR) is 112 cm³/mol. The molecule has 0 unspecified atom stereocenters. The highest BCUT2D eigenvalue weighted by molar-refractivity contribution is 7.89. The van der Waals surface area contributed by atoms with Gasteiger partial charge in [0.15, 0.2) is 6.61 Å². The van der Waals surface area contributed by atoms with Gasteiger partial charge in [-0.15, -0.1) is 0 Å². The molecule has 1 aromatic rings. The van der Waals surface area contributed by atoms with Crippen molar-refractivity contribution >= 4 is 21.9 Å². The first kappa shape index (κ1) is 23.5. The van der Waals surface area contributed by atoms with Crippen LogP contribution in [0.5, 0.6) is 5.75 Å². The van der Waals surface area contributed by atoms with Crippen molar-refractivity contribution < 1.29 is 32.2 Å². The van der Waals surface area contributed by atoms with E-state index < -0.39 is 16.0 Å². The minimum atomic E-state index is -3.88. The van der Waals surface area contributed by atoms with Crippen LogP contribution >= 0.6 is 0 Å². The number of carbonyl (C=O) groups is 2. The molecule has 31 heavy (non-hydrogen) atoms. The summed E-state index contributed by atoms with van der Waals surface area (Å²) in [4.78, 5) is 26.6. The first-order valence-electron chi connectivity index (χ1n) is 10.4. The average Bonchev–Trinajstić information content (AvgIpc) is 2.76. The molecule has 172 valence electrons. The van der Waals surface area contributed by atoms with Crippen molar-refractivity contribution in [1.82, 2.24) is 9.21 Å². The Kier molecular flexibility index (Phi) is 7.55. The summed E-state index contributed by atoms with van der Waals surface area (Å²) in [6.45, 7) is 6.15. The maximum absolute atomic E-state index is 13.1. The molecular formula is C21H30N2O7S. The largest absolute Gasteiger partial charge is 0.495 e. The monoisotopic (exact) mass is 454 g/mol. The summed E-state index contributed by atoms with van der Waals surface area (Å²) in [5, 5.41) is 0. The number of hydrogen-bond donors (Lipinski definition) is 0. The van der Waals surface area contributed by atoms with Crippen molar-refractivity contribution in [3.05, 3.63) is 23.8 Å². The summed E-state index contributed by atoms with van der Waals surface area (Å²) < 4.78 is 43.0. The molecule has 10 heteroatoms. The molecule has 2 fully saturated rings. The van der Waals surface area contributed by atoms with E-state index in [1.807, 2.05) is 0 Å². The van der Waals surface area contributed by atoms with Crippen LogP contribution < -0.4 is 4.74 Å². The zero-order valence-corrected chi connectivity index (χ0v) is 19.0. The summed E-state index contributed by atoms with van der Waals surface area (Å²) in [7, 11) is -2.51. The molecule has 0 N–H and O–H groups in total. The van der Waals surface area contributed by atoms with Gasteiger partial charge in [-0.25, -0.2) is 13.2 Å². The number of sulfonamides is 1. The van der Waals surface area contributed by atoms with Gasteiger partial charge in [0.05, 0.1) is 25.9 Å². The molecule has 0 bridgehead atoms. The number of hydrogen-bond acceptors (Lipinski definition) is 7. The Labute approximate surface area is 183 Å². The third-order valence-corrected chi connectivity index (χ3v) is 7.46. The number of esters is 1. The number of ether oxygens (including phenoxy) is 3. The molecule has 1 aromatic carbocycles. The van der Waals surface area contributed by atoms with Crippen molar-refractivity contribution in [3.63, 3.8) is 0 Å². The maximum atomic E-state index is 13.1.